The second kappa shape index (κ2) is 5.19. The molecule has 90 valence electrons. The van der Waals surface area contributed by atoms with E-state index in [1.54, 1.807) is 16.8 Å². The summed E-state index contributed by atoms with van der Waals surface area (Å²) in [6.07, 6.45) is 2.69. The zero-order chi connectivity index (χ0) is 12.3. The second-order valence-electron chi connectivity index (χ2n) is 3.88. The Balaban J connectivity index is 2.08. The first kappa shape index (κ1) is 11.9. The fraction of sp³-hybridized carbons (Fsp3) is 0.333. The van der Waals surface area contributed by atoms with Crippen LogP contribution in [-0.2, 0) is 6.54 Å². The van der Waals surface area contributed by atoms with Crippen molar-refractivity contribution in [3.05, 3.63) is 41.7 Å². The van der Waals surface area contributed by atoms with E-state index in [1.165, 1.54) is 0 Å². The molecule has 0 amide bonds. The van der Waals surface area contributed by atoms with Crippen LogP contribution in [0.3, 0.4) is 0 Å². The Morgan fingerprint density at radius 1 is 1.35 bits per heavy atom. The average molecular weight is 252 g/mol. The van der Waals surface area contributed by atoms with Gasteiger partial charge in [0.25, 0.3) is 0 Å². The second-order valence-corrected chi connectivity index (χ2v) is 4.41. The lowest BCUT2D eigenvalue weighted by atomic mass is 10.2. The van der Waals surface area contributed by atoms with Gasteiger partial charge in [0.2, 0.25) is 0 Å². The van der Waals surface area contributed by atoms with Crippen LogP contribution >= 0.6 is 11.6 Å². The van der Waals surface area contributed by atoms with E-state index in [0.717, 1.165) is 17.7 Å². The maximum absolute atomic E-state index is 9.18. The Morgan fingerprint density at radius 3 is 2.71 bits per heavy atom. The van der Waals surface area contributed by atoms with Gasteiger partial charge in [-0.2, -0.15) is 0 Å². The molecule has 0 fully saturated rings. The van der Waals surface area contributed by atoms with Crippen molar-refractivity contribution < 1.29 is 5.11 Å². The molecule has 0 radical (unpaired) electrons. The summed E-state index contributed by atoms with van der Waals surface area (Å²) in [5.41, 5.74) is 1.86. The zero-order valence-electron chi connectivity index (χ0n) is 9.55. The first-order chi connectivity index (χ1) is 8.19. The van der Waals surface area contributed by atoms with E-state index in [0.29, 0.717) is 6.54 Å². The van der Waals surface area contributed by atoms with Crippen LogP contribution in [-0.4, -0.2) is 20.1 Å². The number of aromatic nitrogens is 3. The number of halogens is 1. The molecule has 0 saturated heterocycles. The van der Waals surface area contributed by atoms with Gasteiger partial charge < -0.3 is 5.11 Å². The van der Waals surface area contributed by atoms with Crippen molar-refractivity contribution in [3.63, 3.8) is 0 Å². The van der Waals surface area contributed by atoms with Crippen molar-refractivity contribution in [2.24, 2.45) is 0 Å². The number of phenolic OH excluding ortho intramolecular Hbond substituents is 1. The predicted molar refractivity (Wildman–Crippen MR) is 66.1 cm³/mol. The topological polar surface area (TPSA) is 50.9 Å². The Labute approximate surface area is 105 Å². The Bertz CT molecular complexity index is 481. The summed E-state index contributed by atoms with van der Waals surface area (Å²) in [6.45, 7) is 2.64. The van der Waals surface area contributed by atoms with Crippen LogP contribution < -0.4 is 0 Å². The molecule has 0 bridgehead atoms. The number of alkyl halides is 1. The molecule has 1 heterocycles. The van der Waals surface area contributed by atoms with Crippen molar-refractivity contribution in [2.75, 3.05) is 0 Å². The highest BCUT2D eigenvalue weighted by Crippen LogP contribution is 2.21. The lowest BCUT2D eigenvalue weighted by Gasteiger charge is -2.01. The molecule has 0 spiro atoms. The third-order valence-electron chi connectivity index (χ3n) is 2.52. The molecule has 0 aliphatic heterocycles. The normalized spacial score (nSPS) is 12.6. The molecular weight excluding hydrogens is 238 g/mol. The number of hydrogen-bond acceptors (Lipinski definition) is 3. The number of rotatable bonds is 4. The molecule has 2 rings (SSSR count). The summed E-state index contributed by atoms with van der Waals surface area (Å²) in [6, 6.07) is 7.02. The van der Waals surface area contributed by atoms with Crippen molar-refractivity contribution in [1.29, 1.82) is 0 Å². The maximum atomic E-state index is 9.18. The van der Waals surface area contributed by atoms with Gasteiger partial charge in [0.05, 0.1) is 18.1 Å². The third-order valence-corrected chi connectivity index (χ3v) is 3.05. The molecule has 17 heavy (non-hydrogen) atoms. The van der Waals surface area contributed by atoms with Gasteiger partial charge in [-0.1, -0.05) is 24.3 Å². The highest BCUT2D eigenvalue weighted by Gasteiger charge is 2.09. The summed E-state index contributed by atoms with van der Waals surface area (Å²) >= 11 is 6.08. The smallest absolute Gasteiger partial charge is 0.115 e. The van der Waals surface area contributed by atoms with Gasteiger partial charge >= 0.3 is 0 Å². The summed E-state index contributed by atoms with van der Waals surface area (Å²) in [5.74, 6) is 0.264. The molecule has 5 heteroatoms. The standard InChI is InChI=1S/C12H14ClN3O/c1-2-11(13)12-8-16(15-14-12)7-9-3-5-10(17)6-4-9/h3-6,8,11,17H,2,7H2,1H3. The molecule has 1 N–H and O–H groups in total. The largest absolute Gasteiger partial charge is 0.508 e. The van der Waals surface area contributed by atoms with E-state index in [1.807, 2.05) is 25.3 Å². The van der Waals surface area contributed by atoms with Crippen molar-refractivity contribution in [2.45, 2.75) is 25.3 Å². The Kier molecular flexibility index (Phi) is 3.64. The van der Waals surface area contributed by atoms with Crippen LogP contribution in [0.25, 0.3) is 0 Å². The fourth-order valence-corrected chi connectivity index (χ4v) is 1.63. The minimum absolute atomic E-state index is 0.0800. The number of aromatic hydroxyl groups is 1. The van der Waals surface area contributed by atoms with Gasteiger partial charge in [-0.05, 0) is 24.1 Å². The molecule has 0 aliphatic carbocycles. The van der Waals surface area contributed by atoms with E-state index in [2.05, 4.69) is 10.3 Å². The average Bonchev–Trinajstić information content (AvgIpc) is 2.80. The van der Waals surface area contributed by atoms with Crippen LogP contribution in [0.5, 0.6) is 5.75 Å². The van der Waals surface area contributed by atoms with Gasteiger partial charge in [-0.15, -0.1) is 16.7 Å². The van der Waals surface area contributed by atoms with E-state index < -0.39 is 0 Å². The van der Waals surface area contributed by atoms with Crippen LogP contribution in [0.1, 0.15) is 30.0 Å². The van der Waals surface area contributed by atoms with Gasteiger partial charge in [0.1, 0.15) is 11.4 Å². The summed E-state index contributed by atoms with van der Waals surface area (Å²) in [7, 11) is 0. The quantitative estimate of drug-likeness (QED) is 0.850. The Hall–Kier alpha value is -1.55. The highest BCUT2D eigenvalue weighted by molar-refractivity contribution is 6.20. The van der Waals surface area contributed by atoms with Crippen molar-refractivity contribution >= 4 is 11.6 Å². The number of nitrogens with zero attached hydrogens (tertiary/aromatic N) is 3. The Morgan fingerprint density at radius 2 is 2.06 bits per heavy atom. The van der Waals surface area contributed by atoms with Crippen LogP contribution in [0.2, 0.25) is 0 Å². The third kappa shape index (κ3) is 2.97. The first-order valence-corrected chi connectivity index (χ1v) is 5.94. The summed E-state index contributed by atoms with van der Waals surface area (Å²) in [5, 5.41) is 17.2. The minimum Gasteiger partial charge on any atom is -0.508 e. The van der Waals surface area contributed by atoms with Gasteiger partial charge in [-0.3, -0.25) is 0 Å². The maximum Gasteiger partial charge on any atom is 0.115 e. The fourth-order valence-electron chi connectivity index (χ4n) is 1.53. The van der Waals surface area contributed by atoms with E-state index in [4.69, 9.17) is 11.6 Å². The number of phenols is 1. The molecule has 0 saturated carbocycles. The molecule has 1 atom stereocenters. The van der Waals surface area contributed by atoms with Crippen LogP contribution in [0.4, 0.5) is 0 Å². The summed E-state index contributed by atoms with van der Waals surface area (Å²) < 4.78 is 1.74. The predicted octanol–water partition coefficient (Wildman–Crippen LogP) is 2.72. The van der Waals surface area contributed by atoms with Gasteiger partial charge in [0.15, 0.2) is 0 Å². The molecule has 1 unspecified atom stereocenters. The first-order valence-electron chi connectivity index (χ1n) is 5.51. The lowest BCUT2D eigenvalue weighted by molar-refractivity contribution is 0.475. The van der Waals surface area contributed by atoms with Gasteiger partial charge in [-0.25, -0.2) is 4.68 Å². The SMILES string of the molecule is CCC(Cl)c1cn(Cc2ccc(O)cc2)nn1. The molecule has 1 aromatic carbocycles. The van der Waals surface area contributed by atoms with E-state index >= 15 is 0 Å². The van der Waals surface area contributed by atoms with E-state index in [-0.39, 0.29) is 11.1 Å². The molecule has 2 aromatic rings. The number of benzene rings is 1. The minimum atomic E-state index is -0.0800. The van der Waals surface area contributed by atoms with Crippen molar-refractivity contribution in [3.8, 4) is 5.75 Å². The van der Waals surface area contributed by atoms with Crippen LogP contribution in [0, 0.1) is 0 Å². The molecular formula is C12H14ClN3O. The number of hydrogen-bond donors (Lipinski definition) is 1. The van der Waals surface area contributed by atoms with E-state index in [9.17, 15) is 5.11 Å². The van der Waals surface area contributed by atoms with Crippen LogP contribution in [0.15, 0.2) is 30.5 Å². The molecule has 1 aromatic heterocycles. The monoisotopic (exact) mass is 251 g/mol. The van der Waals surface area contributed by atoms with Crippen molar-refractivity contribution in [1.82, 2.24) is 15.0 Å². The highest BCUT2D eigenvalue weighted by atomic mass is 35.5. The summed E-state index contributed by atoms with van der Waals surface area (Å²) in [4.78, 5) is 0. The van der Waals surface area contributed by atoms with Gasteiger partial charge in [0, 0.05) is 0 Å². The zero-order valence-corrected chi connectivity index (χ0v) is 10.3. The molecule has 0 aliphatic rings. The lowest BCUT2D eigenvalue weighted by Crippen LogP contribution is -1.99. The molecule has 4 nitrogen and oxygen atoms in total.